The molecular formula is C13H16BrN3O2. The third-order valence-electron chi connectivity index (χ3n) is 3.24. The van der Waals surface area contributed by atoms with Crippen molar-refractivity contribution < 1.29 is 9.59 Å². The maximum atomic E-state index is 12.2. The first-order valence-corrected chi connectivity index (χ1v) is 6.87. The summed E-state index contributed by atoms with van der Waals surface area (Å²) in [5, 5.41) is 2.94. The van der Waals surface area contributed by atoms with Crippen LogP contribution >= 0.6 is 15.9 Å². The number of likely N-dealkylation sites (N-methyl/N-ethyl adjacent to an activating group) is 1. The summed E-state index contributed by atoms with van der Waals surface area (Å²) < 4.78 is 0.604. The lowest BCUT2D eigenvalue weighted by Gasteiger charge is -2.30. The van der Waals surface area contributed by atoms with E-state index < -0.39 is 0 Å². The Kier molecular flexibility index (Phi) is 4.09. The predicted molar refractivity (Wildman–Crippen MR) is 76.7 cm³/mol. The molecule has 1 aliphatic heterocycles. The summed E-state index contributed by atoms with van der Waals surface area (Å²) in [4.78, 5) is 25.2. The summed E-state index contributed by atoms with van der Waals surface area (Å²) in [5.74, 6) is -0.0532. The van der Waals surface area contributed by atoms with E-state index in [9.17, 15) is 9.59 Å². The van der Waals surface area contributed by atoms with E-state index in [2.05, 4.69) is 21.2 Å². The third kappa shape index (κ3) is 3.07. The highest BCUT2D eigenvalue weighted by atomic mass is 79.9. The summed E-state index contributed by atoms with van der Waals surface area (Å²) in [6, 6.07) is 5.18. The van der Waals surface area contributed by atoms with Gasteiger partial charge >= 0.3 is 0 Å². The largest absolute Gasteiger partial charge is 0.398 e. The van der Waals surface area contributed by atoms with Gasteiger partial charge in [-0.15, -0.1) is 0 Å². The van der Waals surface area contributed by atoms with E-state index in [1.165, 1.54) is 0 Å². The van der Waals surface area contributed by atoms with Crippen molar-refractivity contribution in [1.29, 1.82) is 0 Å². The molecule has 5 nitrogen and oxygen atoms in total. The lowest BCUT2D eigenvalue weighted by molar-refractivity contribution is -0.132. The van der Waals surface area contributed by atoms with Gasteiger partial charge in [0.1, 0.15) is 0 Å². The summed E-state index contributed by atoms with van der Waals surface area (Å²) >= 11 is 3.32. The number of hydrogen-bond acceptors (Lipinski definition) is 3. The van der Waals surface area contributed by atoms with E-state index in [0.717, 1.165) is 0 Å². The fourth-order valence-electron chi connectivity index (χ4n) is 2.12. The van der Waals surface area contributed by atoms with Crippen LogP contribution in [0, 0.1) is 0 Å². The number of likely N-dealkylation sites (tertiary alicyclic amines) is 1. The molecular weight excluding hydrogens is 310 g/mol. The zero-order chi connectivity index (χ0) is 14.0. The molecule has 6 heteroatoms. The van der Waals surface area contributed by atoms with Crippen LogP contribution in [0.1, 0.15) is 23.2 Å². The van der Waals surface area contributed by atoms with Crippen LogP contribution in [0.4, 0.5) is 5.69 Å². The van der Waals surface area contributed by atoms with Crippen molar-refractivity contribution in [3.05, 3.63) is 28.2 Å². The zero-order valence-electron chi connectivity index (χ0n) is 10.6. The molecule has 0 spiro atoms. The maximum absolute atomic E-state index is 12.2. The third-order valence-corrected chi connectivity index (χ3v) is 4.12. The smallest absolute Gasteiger partial charge is 0.252 e. The Balaban J connectivity index is 2.05. The molecule has 1 aromatic rings. The minimum atomic E-state index is -0.174. The average molecular weight is 326 g/mol. The fraction of sp³-hybridized carbons (Fsp3) is 0.385. The van der Waals surface area contributed by atoms with Crippen molar-refractivity contribution in [1.82, 2.24) is 10.2 Å². The highest BCUT2D eigenvalue weighted by Crippen LogP contribution is 2.24. The van der Waals surface area contributed by atoms with Crippen molar-refractivity contribution >= 4 is 33.4 Å². The zero-order valence-corrected chi connectivity index (χ0v) is 12.2. The van der Waals surface area contributed by atoms with E-state index in [0.29, 0.717) is 35.1 Å². The molecule has 3 N–H and O–H groups in total. The van der Waals surface area contributed by atoms with Gasteiger partial charge in [-0.1, -0.05) is 6.07 Å². The Bertz CT molecular complexity index is 519. The van der Waals surface area contributed by atoms with Gasteiger partial charge in [-0.25, -0.2) is 0 Å². The second-order valence-corrected chi connectivity index (χ2v) is 5.49. The molecule has 0 aromatic heterocycles. The van der Waals surface area contributed by atoms with Gasteiger partial charge in [-0.05, 0) is 34.5 Å². The number of rotatable bonds is 2. The van der Waals surface area contributed by atoms with Crippen LogP contribution in [0.15, 0.2) is 22.7 Å². The molecule has 1 saturated heterocycles. The van der Waals surface area contributed by atoms with Gasteiger partial charge in [-0.2, -0.15) is 0 Å². The SMILES string of the molecule is CN1CC(NC(=O)c2cccc(N)c2Br)CCC1=O. The van der Waals surface area contributed by atoms with Crippen LogP contribution in [-0.2, 0) is 4.79 Å². The molecule has 1 fully saturated rings. The average Bonchev–Trinajstić information content (AvgIpc) is 2.37. The quantitative estimate of drug-likeness (QED) is 0.807. The maximum Gasteiger partial charge on any atom is 0.252 e. The van der Waals surface area contributed by atoms with Crippen LogP contribution in [0.25, 0.3) is 0 Å². The van der Waals surface area contributed by atoms with E-state index in [1.54, 1.807) is 30.1 Å². The summed E-state index contributed by atoms with van der Waals surface area (Å²) in [7, 11) is 1.75. The van der Waals surface area contributed by atoms with E-state index in [-0.39, 0.29) is 17.9 Å². The molecule has 0 saturated carbocycles. The van der Waals surface area contributed by atoms with Gasteiger partial charge in [0.15, 0.2) is 0 Å². The number of nitrogens with two attached hydrogens (primary N) is 1. The van der Waals surface area contributed by atoms with Gasteiger partial charge in [0.25, 0.3) is 5.91 Å². The van der Waals surface area contributed by atoms with Crippen LogP contribution in [-0.4, -0.2) is 36.3 Å². The van der Waals surface area contributed by atoms with Crippen molar-refractivity contribution in [3.8, 4) is 0 Å². The number of nitrogens with zero attached hydrogens (tertiary/aromatic N) is 1. The lowest BCUT2D eigenvalue weighted by Crippen LogP contribution is -2.48. The molecule has 1 atom stereocenters. The normalized spacial score (nSPS) is 19.4. The van der Waals surface area contributed by atoms with Crippen LogP contribution in [0.5, 0.6) is 0 Å². The minimum Gasteiger partial charge on any atom is -0.398 e. The first-order chi connectivity index (χ1) is 8.99. The summed E-state index contributed by atoms with van der Waals surface area (Å²) in [6.45, 7) is 0.546. The van der Waals surface area contributed by atoms with Crippen LogP contribution in [0.2, 0.25) is 0 Å². The number of nitrogen functional groups attached to an aromatic ring is 1. The number of benzene rings is 1. The van der Waals surface area contributed by atoms with Gasteiger partial charge < -0.3 is 16.0 Å². The number of hydrogen-bond donors (Lipinski definition) is 2. The lowest BCUT2D eigenvalue weighted by atomic mass is 10.0. The number of nitrogens with one attached hydrogen (secondary N) is 1. The Morgan fingerprint density at radius 3 is 2.95 bits per heavy atom. The first-order valence-electron chi connectivity index (χ1n) is 6.08. The number of carbonyl (C=O) groups excluding carboxylic acids is 2. The highest BCUT2D eigenvalue weighted by Gasteiger charge is 2.25. The number of halogens is 1. The second-order valence-electron chi connectivity index (χ2n) is 4.69. The van der Waals surface area contributed by atoms with Crippen molar-refractivity contribution in [2.75, 3.05) is 19.3 Å². The summed E-state index contributed by atoms with van der Waals surface area (Å²) in [5.41, 5.74) is 6.80. The van der Waals surface area contributed by atoms with Gasteiger partial charge in [-0.3, -0.25) is 9.59 Å². The Hall–Kier alpha value is -1.56. The molecule has 2 rings (SSSR count). The predicted octanol–water partition coefficient (Wildman–Crippen LogP) is 1.38. The summed E-state index contributed by atoms with van der Waals surface area (Å²) in [6.07, 6.45) is 1.15. The molecule has 0 aliphatic carbocycles. The molecule has 2 amide bonds. The standard InChI is InChI=1S/C13H16BrN3O2/c1-17-7-8(5-6-11(17)18)16-13(19)9-3-2-4-10(15)12(9)14/h2-4,8H,5-7,15H2,1H3,(H,16,19). The van der Waals surface area contributed by atoms with Crippen molar-refractivity contribution in [2.45, 2.75) is 18.9 Å². The molecule has 0 radical (unpaired) electrons. The number of carbonyl (C=O) groups is 2. The topological polar surface area (TPSA) is 75.4 Å². The van der Waals surface area contributed by atoms with Gasteiger partial charge in [0.05, 0.1) is 10.0 Å². The molecule has 0 bridgehead atoms. The number of piperidine rings is 1. The van der Waals surface area contributed by atoms with Gasteiger partial charge in [0.2, 0.25) is 5.91 Å². The monoisotopic (exact) mass is 325 g/mol. The molecule has 1 unspecified atom stereocenters. The molecule has 1 aliphatic rings. The fourth-order valence-corrected chi connectivity index (χ4v) is 2.56. The van der Waals surface area contributed by atoms with E-state index in [1.807, 2.05) is 0 Å². The first kappa shape index (κ1) is 13.9. The Labute approximate surface area is 120 Å². The molecule has 1 aromatic carbocycles. The number of anilines is 1. The highest BCUT2D eigenvalue weighted by molar-refractivity contribution is 9.10. The minimum absolute atomic E-state index is 0.0106. The van der Waals surface area contributed by atoms with Crippen LogP contribution in [0.3, 0.4) is 0 Å². The van der Waals surface area contributed by atoms with E-state index >= 15 is 0 Å². The Morgan fingerprint density at radius 2 is 2.26 bits per heavy atom. The number of amides is 2. The second kappa shape index (κ2) is 5.61. The van der Waals surface area contributed by atoms with E-state index in [4.69, 9.17) is 5.73 Å². The van der Waals surface area contributed by atoms with Gasteiger partial charge in [0, 0.05) is 31.7 Å². The molecule has 1 heterocycles. The molecule has 19 heavy (non-hydrogen) atoms. The Morgan fingerprint density at radius 1 is 1.53 bits per heavy atom. The van der Waals surface area contributed by atoms with Crippen molar-refractivity contribution in [2.24, 2.45) is 0 Å². The van der Waals surface area contributed by atoms with Crippen molar-refractivity contribution in [3.63, 3.8) is 0 Å². The molecule has 102 valence electrons. The van der Waals surface area contributed by atoms with Crippen LogP contribution < -0.4 is 11.1 Å².